The Morgan fingerprint density at radius 3 is 2.71 bits per heavy atom. The Morgan fingerprint density at radius 2 is 2.00 bits per heavy atom. The second kappa shape index (κ2) is 9.64. The molecule has 0 aromatic heterocycles. The summed E-state index contributed by atoms with van der Waals surface area (Å²) in [7, 11) is 1.63. The maximum Gasteiger partial charge on any atom is 0.233 e. The predicted molar refractivity (Wildman–Crippen MR) is 113 cm³/mol. The van der Waals surface area contributed by atoms with Gasteiger partial charge in [-0.25, -0.2) is 0 Å². The summed E-state index contributed by atoms with van der Waals surface area (Å²) in [4.78, 5) is 27.4. The second-order valence-corrected chi connectivity index (χ2v) is 8.24. The van der Waals surface area contributed by atoms with Crippen molar-refractivity contribution in [3.05, 3.63) is 54.1 Å². The molecule has 6 heteroatoms. The molecule has 0 aliphatic carbocycles. The molecule has 1 N–H and O–H groups in total. The highest BCUT2D eigenvalue weighted by molar-refractivity contribution is 8.00. The van der Waals surface area contributed by atoms with Gasteiger partial charge in [0.25, 0.3) is 0 Å². The maximum absolute atomic E-state index is 12.5. The minimum absolute atomic E-state index is 0.0136. The van der Waals surface area contributed by atoms with Crippen LogP contribution in [0, 0.1) is 0 Å². The first-order chi connectivity index (χ1) is 13.6. The minimum Gasteiger partial charge on any atom is -0.497 e. The van der Waals surface area contributed by atoms with E-state index in [-0.39, 0.29) is 17.1 Å². The molecule has 3 rings (SSSR count). The topological polar surface area (TPSA) is 58.6 Å². The number of hydrogen-bond acceptors (Lipinski definition) is 4. The molecule has 1 fully saturated rings. The molecule has 2 aromatic rings. The Labute approximate surface area is 170 Å². The molecule has 0 saturated carbocycles. The normalized spacial score (nSPS) is 15.2. The fraction of sp³-hybridized carbons (Fsp3) is 0.364. The third-order valence-corrected chi connectivity index (χ3v) is 5.87. The van der Waals surface area contributed by atoms with Gasteiger partial charge in [0, 0.05) is 30.1 Å². The summed E-state index contributed by atoms with van der Waals surface area (Å²) < 4.78 is 5.16. The van der Waals surface area contributed by atoms with Gasteiger partial charge in [0.2, 0.25) is 11.8 Å². The Bertz CT molecular complexity index is 823. The standard InChI is InChI=1S/C22H26N2O3S/c1-16(28-20-11-9-19(27-2)10-12-20)22(26)23-15-17-6-5-7-18(14-17)24-13-4-3-8-21(24)25/h5-7,9-12,14,16H,3-4,8,13,15H2,1-2H3,(H,23,26). The van der Waals surface area contributed by atoms with E-state index in [2.05, 4.69) is 5.32 Å². The molecule has 2 amide bonds. The molecule has 0 spiro atoms. The number of nitrogens with zero attached hydrogens (tertiary/aromatic N) is 1. The first kappa shape index (κ1) is 20.3. The molecular weight excluding hydrogens is 372 g/mol. The van der Waals surface area contributed by atoms with Gasteiger partial charge in [0.05, 0.1) is 12.4 Å². The molecule has 2 aromatic carbocycles. The van der Waals surface area contributed by atoms with Crippen LogP contribution in [0.1, 0.15) is 31.7 Å². The lowest BCUT2D eigenvalue weighted by atomic mass is 10.1. The number of piperidine rings is 1. The number of nitrogens with one attached hydrogen (secondary N) is 1. The molecule has 1 heterocycles. The van der Waals surface area contributed by atoms with Crippen LogP contribution >= 0.6 is 11.8 Å². The number of carbonyl (C=O) groups excluding carboxylic acids is 2. The van der Waals surface area contributed by atoms with Gasteiger partial charge in [-0.05, 0) is 61.7 Å². The maximum atomic E-state index is 12.5. The van der Waals surface area contributed by atoms with E-state index in [4.69, 9.17) is 4.74 Å². The zero-order chi connectivity index (χ0) is 19.9. The predicted octanol–water partition coefficient (Wildman–Crippen LogP) is 4.01. The fourth-order valence-electron chi connectivity index (χ4n) is 3.16. The zero-order valence-corrected chi connectivity index (χ0v) is 17.1. The summed E-state index contributed by atoms with van der Waals surface area (Å²) >= 11 is 1.51. The summed E-state index contributed by atoms with van der Waals surface area (Å²) in [5.74, 6) is 0.964. The number of anilines is 1. The lowest BCUT2D eigenvalue weighted by molar-refractivity contribution is -0.120. The van der Waals surface area contributed by atoms with Crippen molar-refractivity contribution in [2.45, 2.75) is 42.9 Å². The Morgan fingerprint density at radius 1 is 1.21 bits per heavy atom. The van der Waals surface area contributed by atoms with E-state index in [1.807, 2.05) is 60.4 Å². The van der Waals surface area contributed by atoms with Crippen LogP contribution < -0.4 is 15.0 Å². The highest BCUT2D eigenvalue weighted by atomic mass is 32.2. The molecule has 5 nitrogen and oxygen atoms in total. The number of hydrogen-bond donors (Lipinski definition) is 1. The SMILES string of the molecule is COc1ccc(SC(C)C(=O)NCc2cccc(N3CCCCC3=O)c2)cc1. The Hall–Kier alpha value is -2.47. The molecule has 0 radical (unpaired) electrons. The van der Waals surface area contributed by atoms with Gasteiger partial charge >= 0.3 is 0 Å². The van der Waals surface area contributed by atoms with Crippen molar-refractivity contribution in [1.29, 1.82) is 0 Å². The van der Waals surface area contributed by atoms with Gasteiger partial charge in [-0.3, -0.25) is 9.59 Å². The molecular formula is C22H26N2O3S. The molecule has 1 aliphatic heterocycles. The summed E-state index contributed by atoms with van der Waals surface area (Å²) in [6, 6.07) is 15.5. The van der Waals surface area contributed by atoms with E-state index in [9.17, 15) is 9.59 Å². The van der Waals surface area contributed by atoms with Crippen LogP contribution in [0.15, 0.2) is 53.4 Å². The number of benzene rings is 2. The molecule has 1 saturated heterocycles. The van der Waals surface area contributed by atoms with Gasteiger partial charge in [-0.2, -0.15) is 0 Å². The van der Waals surface area contributed by atoms with Gasteiger partial charge in [0.15, 0.2) is 0 Å². The van der Waals surface area contributed by atoms with Gasteiger partial charge < -0.3 is 15.0 Å². The van der Waals surface area contributed by atoms with Crippen LogP contribution in [0.5, 0.6) is 5.75 Å². The average Bonchev–Trinajstić information content (AvgIpc) is 2.73. The van der Waals surface area contributed by atoms with E-state index in [0.29, 0.717) is 13.0 Å². The second-order valence-electron chi connectivity index (χ2n) is 6.83. The number of ether oxygens (including phenoxy) is 1. The number of carbonyl (C=O) groups is 2. The van der Waals surface area contributed by atoms with Crippen LogP contribution in [-0.4, -0.2) is 30.7 Å². The van der Waals surface area contributed by atoms with Crippen molar-refractivity contribution in [3.8, 4) is 5.75 Å². The van der Waals surface area contributed by atoms with Crippen molar-refractivity contribution in [2.24, 2.45) is 0 Å². The molecule has 1 unspecified atom stereocenters. The monoisotopic (exact) mass is 398 g/mol. The summed E-state index contributed by atoms with van der Waals surface area (Å²) in [5.41, 5.74) is 1.91. The number of thioether (sulfide) groups is 1. The Kier molecular flexibility index (Phi) is 6.98. The number of amides is 2. The minimum atomic E-state index is -0.208. The molecule has 1 aliphatic rings. The molecule has 28 heavy (non-hydrogen) atoms. The van der Waals surface area contributed by atoms with E-state index >= 15 is 0 Å². The van der Waals surface area contributed by atoms with Crippen LogP contribution in [-0.2, 0) is 16.1 Å². The van der Waals surface area contributed by atoms with Crippen molar-refractivity contribution in [3.63, 3.8) is 0 Å². The first-order valence-electron chi connectivity index (χ1n) is 9.54. The Balaban J connectivity index is 1.54. The van der Waals surface area contributed by atoms with Crippen LogP contribution in [0.2, 0.25) is 0 Å². The largest absolute Gasteiger partial charge is 0.497 e. The quantitative estimate of drug-likeness (QED) is 0.716. The van der Waals surface area contributed by atoms with Gasteiger partial charge in [0.1, 0.15) is 5.75 Å². The average molecular weight is 399 g/mol. The van der Waals surface area contributed by atoms with Crippen molar-refractivity contribution in [1.82, 2.24) is 5.32 Å². The van der Waals surface area contributed by atoms with E-state index in [1.165, 1.54) is 11.8 Å². The smallest absolute Gasteiger partial charge is 0.233 e. The number of rotatable bonds is 7. The third kappa shape index (κ3) is 5.29. The third-order valence-electron chi connectivity index (χ3n) is 4.75. The summed E-state index contributed by atoms with van der Waals surface area (Å²) in [5, 5.41) is 2.79. The zero-order valence-electron chi connectivity index (χ0n) is 16.3. The highest BCUT2D eigenvalue weighted by Gasteiger charge is 2.20. The lowest BCUT2D eigenvalue weighted by Gasteiger charge is -2.27. The number of methoxy groups -OCH3 is 1. The van der Waals surface area contributed by atoms with E-state index < -0.39 is 0 Å². The summed E-state index contributed by atoms with van der Waals surface area (Å²) in [6.07, 6.45) is 2.61. The molecule has 0 bridgehead atoms. The van der Waals surface area contributed by atoms with Crippen molar-refractivity contribution < 1.29 is 14.3 Å². The fourth-order valence-corrected chi connectivity index (χ4v) is 4.05. The van der Waals surface area contributed by atoms with E-state index in [0.717, 1.165) is 41.3 Å². The van der Waals surface area contributed by atoms with Crippen molar-refractivity contribution >= 4 is 29.3 Å². The molecule has 1 atom stereocenters. The van der Waals surface area contributed by atoms with Crippen molar-refractivity contribution in [2.75, 3.05) is 18.6 Å². The highest BCUT2D eigenvalue weighted by Crippen LogP contribution is 2.26. The van der Waals surface area contributed by atoms with Gasteiger partial charge in [-0.1, -0.05) is 12.1 Å². The van der Waals surface area contributed by atoms with Crippen LogP contribution in [0.4, 0.5) is 5.69 Å². The molecule has 148 valence electrons. The van der Waals surface area contributed by atoms with E-state index in [1.54, 1.807) is 7.11 Å². The lowest BCUT2D eigenvalue weighted by Crippen LogP contribution is -2.35. The first-order valence-corrected chi connectivity index (χ1v) is 10.4. The van der Waals surface area contributed by atoms with Crippen LogP contribution in [0.3, 0.4) is 0 Å². The van der Waals surface area contributed by atoms with Gasteiger partial charge in [-0.15, -0.1) is 11.8 Å². The summed E-state index contributed by atoms with van der Waals surface area (Å²) in [6.45, 7) is 3.11. The van der Waals surface area contributed by atoms with Crippen LogP contribution in [0.25, 0.3) is 0 Å².